The van der Waals surface area contributed by atoms with Crippen LogP contribution in [0, 0.1) is 0 Å². The first-order valence-electron chi connectivity index (χ1n) is 7.39. The van der Waals surface area contributed by atoms with Crippen LogP contribution in [-0.2, 0) is 0 Å². The molecule has 0 heterocycles. The van der Waals surface area contributed by atoms with Crippen LogP contribution in [0.25, 0.3) is 0 Å². The Kier molecular flexibility index (Phi) is 6.38. The third kappa shape index (κ3) is 4.68. The zero-order chi connectivity index (χ0) is 16.7. The van der Waals surface area contributed by atoms with Crippen LogP contribution in [0.4, 0.5) is 17.1 Å². The Morgan fingerprint density at radius 2 is 1.87 bits per heavy atom. The van der Waals surface area contributed by atoms with E-state index < -0.39 is 0 Å². The number of rotatable bonds is 7. The van der Waals surface area contributed by atoms with E-state index in [1.165, 1.54) is 0 Å². The van der Waals surface area contributed by atoms with E-state index in [9.17, 15) is 0 Å². The first kappa shape index (κ1) is 17.2. The molecule has 0 unspecified atom stereocenters. The Bertz CT molecular complexity index is 659. The van der Waals surface area contributed by atoms with E-state index in [1.807, 2.05) is 24.3 Å². The summed E-state index contributed by atoms with van der Waals surface area (Å²) < 4.78 is 5.24. The number of aliphatic hydroxyl groups excluding tert-OH is 1. The van der Waals surface area contributed by atoms with Crippen molar-refractivity contribution in [2.45, 2.75) is 6.92 Å². The Balaban J connectivity index is 2.14. The summed E-state index contributed by atoms with van der Waals surface area (Å²) in [4.78, 5) is 2.09. The summed E-state index contributed by atoms with van der Waals surface area (Å²) in [7, 11) is 1.57. The molecule has 0 saturated carbocycles. The number of halogens is 1. The summed E-state index contributed by atoms with van der Waals surface area (Å²) in [5.74, 6) is 0.581. The molecule has 122 valence electrons. The van der Waals surface area contributed by atoms with E-state index in [1.54, 1.807) is 25.3 Å². The van der Waals surface area contributed by atoms with Gasteiger partial charge in [-0.2, -0.15) is 5.11 Å². The number of likely N-dealkylation sites (N-methyl/N-ethyl adjacent to an activating group) is 1. The Labute approximate surface area is 141 Å². The van der Waals surface area contributed by atoms with Crippen LogP contribution < -0.4 is 9.64 Å². The normalized spacial score (nSPS) is 11.0. The lowest BCUT2D eigenvalue weighted by molar-refractivity contribution is 0.302. The Morgan fingerprint density at radius 1 is 1.13 bits per heavy atom. The molecule has 0 aliphatic rings. The van der Waals surface area contributed by atoms with Crippen LogP contribution in [0.1, 0.15) is 6.92 Å². The molecule has 0 bridgehead atoms. The molecular formula is C17H20ClN3O2. The lowest BCUT2D eigenvalue weighted by atomic mass is 10.2. The van der Waals surface area contributed by atoms with Gasteiger partial charge in [0.15, 0.2) is 0 Å². The van der Waals surface area contributed by atoms with Crippen LogP contribution in [0.3, 0.4) is 0 Å². The minimum absolute atomic E-state index is 0.131. The van der Waals surface area contributed by atoms with Crippen LogP contribution in [0.2, 0.25) is 5.02 Å². The highest BCUT2D eigenvalue weighted by Crippen LogP contribution is 2.31. The minimum Gasteiger partial charge on any atom is -0.494 e. The number of azo groups is 1. The number of hydrogen-bond donors (Lipinski definition) is 1. The number of nitrogens with zero attached hydrogens (tertiary/aromatic N) is 3. The predicted molar refractivity (Wildman–Crippen MR) is 93.6 cm³/mol. The van der Waals surface area contributed by atoms with Gasteiger partial charge in [-0.05, 0) is 43.3 Å². The highest BCUT2D eigenvalue weighted by Gasteiger charge is 2.04. The number of ether oxygens (including phenoxy) is 1. The molecule has 0 spiro atoms. The van der Waals surface area contributed by atoms with E-state index in [-0.39, 0.29) is 6.61 Å². The molecule has 1 N–H and O–H groups in total. The van der Waals surface area contributed by atoms with Gasteiger partial charge in [-0.3, -0.25) is 0 Å². The highest BCUT2D eigenvalue weighted by molar-refractivity contribution is 6.30. The lowest BCUT2D eigenvalue weighted by Gasteiger charge is -2.21. The monoisotopic (exact) mass is 333 g/mol. The molecule has 0 fully saturated rings. The standard InChI is InChI=1S/C17H20ClN3O2/c1-3-21(10-11-22)15-7-5-14(6-8-15)19-20-16-9-4-13(18)12-17(16)23-2/h4-9,12,22H,3,10-11H2,1-2H3. The van der Waals surface area contributed by atoms with E-state index in [0.29, 0.717) is 23.0 Å². The summed E-state index contributed by atoms with van der Waals surface area (Å²) in [6, 6.07) is 12.9. The second kappa shape index (κ2) is 8.50. The zero-order valence-electron chi connectivity index (χ0n) is 13.2. The molecular weight excluding hydrogens is 314 g/mol. The molecule has 2 aromatic rings. The molecule has 2 aromatic carbocycles. The Hall–Kier alpha value is -2.11. The van der Waals surface area contributed by atoms with Gasteiger partial charge in [-0.25, -0.2) is 0 Å². The molecule has 6 heteroatoms. The molecule has 0 atom stereocenters. The minimum atomic E-state index is 0.131. The van der Waals surface area contributed by atoms with Gasteiger partial charge in [0.2, 0.25) is 0 Å². The molecule has 5 nitrogen and oxygen atoms in total. The van der Waals surface area contributed by atoms with Gasteiger partial charge in [-0.1, -0.05) is 11.6 Å². The van der Waals surface area contributed by atoms with Crippen molar-refractivity contribution in [3.8, 4) is 5.75 Å². The average Bonchev–Trinajstić information content (AvgIpc) is 2.59. The number of hydrogen-bond acceptors (Lipinski definition) is 5. The Morgan fingerprint density at radius 3 is 2.48 bits per heavy atom. The molecule has 0 saturated heterocycles. The first-order chi connectivity index (χ1) is 11.2. The van der Waals surface area contributed by atoms with Crippen LogP contribution in [-0.4, -0.2) is 31.9 Å². The molecule has 0 aliphatic heterocycles. The molecule has 2 rings (SSSR count). The third-order valence-corrected chi connectivity index (χ3v) is 3.62. The van der Waals surface area contributed by atoms with Gasteiger partial charge < -0.3 is 14.7 Å². The van der Waals surface area contributed by atoms with Gasteiger partial charge in [-0.15, -0.1) is 5.11 Å². The number of anilines is 1. The van der Waals surface area contributed by atoms with Crippen molar-refractivity contribution < 1.29 is 9.84 Å². The molecule has 0 amide bonds. The topological polar surface area (TPSA) is 57.4 Å². The van der Waals surface area contributed by atoms with Crippen molar-refractivity contribution in [1.29, 1.82) is 0 Å². The van der Waals surface area contributed by atoms with Crippen molar-refractivity contribution in [1.82, 2.24) is 0 Å². The van der Waals surface area contributed by atoms with Gasteiger partial charge >= 0.3 is 0 Å². The summed E-state index contributed by atoms with van der Waals surface area (Å²) in [6.45, 7) is 3.63. The highest BCUT2D eigenvalue weighted by atomic mass is 35.5. The van der Waals surface area contributed by atoms with Gasteiger partial charge in [0.05, 0.1) is 19.4 Å². The first-order valence-corrected chi connectivity index (χ1v) is 7.77. The predicted octanol–water partition coefficient (Wildman–Crippen LogP) is 4.58. The summed E-state index contributed by atoms with van der Waals surface area (Å²) in [5.41, 5.74) is 2.41. The largest absolute Gasteiger partial charge is 0.494 e. The third-order valence-electron chi connectivity index (χ3n) is 3.38. The van der Waals surface area contributed by atoms with Gasteiger partial charge in [0, 0.05) is 29.9 Å². The number of benzene rings is 2. The second-order valence-corrected chi connectivity index (χ2v) is 5.27. The molecule has 0 radical (unpaired) electrons. The van der Waals surface area contributed by atoms with E-state index in [2.05, 4.69) is 22.1 Å². The maximum Gasteiger partial charge on any atom is 0.147 e. The summed E-state index contributed by atoms with van der Waals surface area (Å²) in [6.07, 6.45) is 0. The second-order valence-electron chi connectivity index (χ2n) is 4.84. The van der Waals surface area contributed by atoms with Crippen LogP contribution >= 0.6 is 11.6 Å². The van der Waals surface area contributed by atoms with Crippen molar-refractivity contribution in [2.24, 2.45) is 10.2 Å². The molecule has 0 aliphatic carbocycles. The maximum absolute atomic E-state index is 9.07. The number of methoxy groups -OCH3 is 1. The average molecular weight is 334 g/mol. The smallest absolute Gasteiger partial charge is 0.147 e. The fourth-order valence-electron chi connectivity index (χ4n) is 2.17. The van der Waals surface area contributed by atoms with Crippen molar-refractivity contribution in [2.75, 3.05) is 31.7 Å². The molecule has 23 heavy (non-hydrogen) atoms. The van der Waals surface area contributed by atoms with Crippen molar-refractivity contribution >= 4 is 28.7 Å². The van der Waals surface area contributed by atoms with Crippen molar-refractivity contribution in [3.63, 3.8) is 0 Å². The van der Waals surface area contributed by atoms with E-state index >= 15 is 0 Å². The fourth-order valence-corrected chi connectivity index (χ4v) is 2.33. The van der Waals surface area contributed by atoms with Crippen LogP contribution in [0.15, 0.2) is 52.7 Å². The van der Waals surface area contributed by atoms with Crippen LogP contribution in [0.5, 0.6) is 5.75 Å². The summed E-state index contributed by atoms with van der Waals surface area (Å²) in [5, 5.41) is 18.1. The fraction of sp³-hybridized carbons (Fsp3) is 0.294. The number of aliphatic hydroxyl groups is 1. The van der Waals surface area contributed by atoms with Gasteiger partial charge in [0.1, 0.15) is 11.4 Å². The summed E-state index contributed by atoms with van der Waals surface area (Å²) >= 11 is 5.92. The SMILES string of the molecule is CCN(CCO)c1ccc(N=Nc2ccc(Cl)cc2OC)cc1. The molecule has 0 aromatic heterocycles. The quantitative estimate of drug-likeness (QED) is 0.754. The lowest BCUT2D eigenvalue weighted by Crippen LogP contribution is -2.25. The van der Waals surface area contributed by atoms with Crippen molar-refractivity contribution in [3.05, 3.63) is 47.5 Å². The van der Waals surface area contributed by atoms with E-state index in [4.69, 9.17) is 21.4 Å². The van der Waals surface area contributed by atoms with E-state index in [0.717, 1.165) is 17.9 Å². The zero-order valence-corrected chi connectivity index (χ0v) is 14.0. The maximum atomic E-state index is 9.07. The van der Waals surface area contributed by atoms with Gasteiger partial charge in [0.25, 0.3) is 0 Å².